The molecule has 37 heavy (non-hydrogen) atoms. The summed E-state index contributed by atoms with van der Waals surface area (Å²) in [6.45, 7) is 5.17. The highest BCUT2D eigenvalue weighted by Crippen LogP contribution is 2.26. The molecule has 0 saturated heterocycles. The van der Waals surface area contributed by atoms with Crippen molar-refractivity contribution in [2.45, 2.75) is 83.3 Å². The Morgan fingerprint density at radius 1 is 1.41 bits per heavy atom. The van der Waals surface area contributed by atoms with Gasteiger partial charge in [-0.1, -0.05) is 34.7 Å². The summed E-state index contributed by atoms with van der Waals surface area (Å²) in [5, 5.41) is 9.62. The number of halogens is 1. The molecule has 204 valence electrons. The summed E-state index contributed by atoms with van der Waals surface area (Å²) in [5.41, 5.74) is 3.34. The van der Waals surface area contributed by atoms with Crippen LogP contribution >= 0.6 is 21.0 Å². The maximum Gasteiger partial charge on any atom is 0.255 e. The van der Waals surface area contributed by atoms with Crippen LogP contribution in [0.25, 0.3) is 0 Å². The number of alkyl halides is 1. The van der Waals surface area contributed by atoms with Gasteiger partial charge in [-0.05, 0) is 63.0 Å². The number of hydrogen-bond acceptors (Lipinski definition) is 5. The second-order valence-corrected chi connectivity index (χ2v) is 11.9. The number of ether oxygens (including phenoxy) is 1. The van der Waals surface area contributed by atoms with Crippen LogP contribution in [0.5, 0.6) is 5.75 Å². The molecule has 2 N–H and O–H groups in total. The number of carbonyl (C=O) groups excluding carboxylic acids is 2. The van der Waals surface area contributed by atoms with Crippen molar-refractivity contribution in [3.63, 3.8) is 0 Å². The molecule has 1 aliphatic rings. The Morgan fingerprint density at radius 2 is 2.22 bits per heavy atom. The molecule has 3 atom stereocenters. The van der Waals surface area contributed by atoms with Crippen LogP contribution in [0.1, 0.15) is 73.3 Å². The van der Waals surface area contributed by atoms with Crippen molar-refractivity contribution < 1.29 is 18.7 Å². The number of hydrogen-bond donors (Lipinski definition) is 2. The SMILES string of the molecule is CCCCn1nc2c(c1CNC(=O)CSC)C(=O)NC(CCc1cccc(OCCCC(C)(F)P)c1)C2. The molecule has 1 aromatic carbocycles. The lowest BCUT2D eigenvalue weighted by atomic mass is 9.95. The standard InChI is InChI=1S/C27H40FN4O3PS/c1-4-5-13-32-23(17-29-24(33)18-37-3)25-22(31-32)16-20(30-26(25)34)11-10-19-8-6-9-21(15-19)35-14-7-12-27(2,28)36/h6,8-9,15,20H,4-5,7,10-14,16-18,36H2,1-3H3,(H,29,33)(H,30,34). The number of nitrogens with one attached hydrogen (secondary N) is 2. The third kappa shape index (κ3) is 9.29. The number of benzene rings is 1. The van der Waals surface area contributed by atoms with E-state index in [2.05, 4.69) is 32.9 Å². The Balaban J connectivity index is 1.61. The quantitative estimate of drug-likeness (QED) is 0.249. The molecule has 7 nitrogen and oxygen atoms in total. The fourth-order valence-corrected chi connectivity index (χ4v) is 5.02. The van der Waals surface area contributed by atoms with Crippen LogP contribution < -0.4 is 15.4 Å². The minimum Gasteiger partial charge on any atom is -0.494 e. The summed E-state index contributed by atoms with van der Waals surface area (Å²) < 4.78 is 21.3. The van der Waals surface area contributed by atoms with Gasteiger partial charge >= 0.3 is 0 Å². The Morgan fingerprint density at radius 3 is 2.95 bits per heavy atom. The van der Waals surface area contributed by atoms with Crippen molar-refractivity contribution in [2.24, 2.45) is 0 Å². The number of nitrogens with zero attached hydrogens (tertiary/aromatic N) is 2. The molecular weight excluding hydrogens is 510 g/mol. The van der Waals surface area contributed by atoms with Gasteiger partial charge in [0, 0.05) is 19.0 Å². The number of carbonyl (C=O) groups is 2. The molecule has 2 aromatic rings. The van der Waals surface area contributed by atoms with E-state index in [1.54, 1.807) is 6.92 Å². The first-order chi connectivity index (χ1) is 17.7. The van der Waals surface area contributed by atoms with Crippen molar-refractivity contribution in [3.05, 3.63) is 46.8 Å². The largest absolute Gasteiger partial charge is 0.494 e. The normalized spacial score (nSPS) is 16.6. The van der Waals surface area contributed by atoms with E-state index in [1.807, 2.05) is 29.1 Å². The summed E-state index contributed by atoms with van der Waals surface area (Å²) in [6.07, 6.45) is 7.18. The monoisotopic (exact) mass is 550 g/mol. The van der Waals surface area contributed by atoms with Crippen molar-refractivity contribution in [2.75, 3.05) is 18.6 Å². The first-order valence-corrected chi connectivity index (χ1v) is 15.0. The van der Waals surface area contributed by atoms with Gasteiger partial charge in [0.25, 0.3) is 5.91 Å². The van der Waals surface area contributed by atoms with Crippen molar-refractivity contribution >= 4 is 32.8 Å². The number of rotatable bonds is 15. The van der Waals surface area contributed by atoms with Gasteiger partial charge in [0.15, 0.2) is 0 Å². The molecule has 0 saturated carbocycles. The highest BCUT2D eigenvalue weighted by molar-refractivity contribution is 7.99. The van der Waals surface area contributed by atoms with Crippen LogP contribution in [0.4, 0.5) is 4.39 Å². The van der Waals surface area contributed by atoms with E-state index >= 15 is 0 Å². The van der Waals surface area contributed by atoms with Crippen LogP contribution in [0.3, 0.4) is 0 Å². The Hall–Kier alpha value is -2.12. The van der Waals surface area contributed by atoms with Crippen LogP contribution in [0, 0.1) is 0 Å². The summed E-state index contributed by atoms with van der Waals surface area (Å²) in [7, 11) is 2.22. The molecule has 0 fully saturated rings. The molecule has 0 bridgehead atoms. The zero-order valence-corrected chi connectivity index (χ0v) is 24.1. The fourth-order valence-electron chi connectivity index (χ4n) is 4.45. The van der Waals surface area contributed by atoms with Gasteiger partial charge in [0.05, 0.1) is 35.9 Å². The van der Waals surface area contributed by atoms with Crippen molar-refractivity contribution in [3.8, 4) is 5.75 Å². The van der Waals surface area contributed by atoms with Gasteiger partial charge in [-0.3, -0.25) is 14.3 Å². The summed E-state index contributed by atoms with van der Waals surface area (Å²) in [5.74, 6) is 1.00. The van der Waals surface area contributed by atoms with E-state index in [0.717, 1.165) is 54.9 Å². The van der Waals surface area contributed by atoms with Gasteiger partial charge in [0.2, 0.25) is 5.91 Å². The van der Waals surface area contributed by atoms with Gasteiger partial charge in [-0.25, -0.2) is 4.39 Å². The van der Waals surface area contributed by atoms with E-state index < -0.39 is 5.41 Å². The summed E-state index contributed by atoms with van der Waals surface area (Å²) >= 11 is 1.47. The highest BCUT2D eigenvalue weighted by Gasteiger charge is 2.31. The van der Waals surface area contributed by atoms with Gasteiger partial charge in [0.1, 0.15) is 11.2 Å². The van der Waals surface area contributed by atoms with Crippen molar-refractivity contribution in [1.82, 2.24) is 20.4 Å². The Bertz CT molecular complexity index is 1060. The smallest absolute Gasteiger partial charge is 0.255 e. The highest BCUT2D eigenvalue weighted by atomic mass is 32.2. The Kier molecular flexibility index (Phi) is 11.3. The molecule has 10 heteroatoms. The lowest BCUT2D eigenvalue weighted by molar-refractivity contribution is -0.118. The minimum absolute atomic E-state index is 0.0117. The van der Waals surface area contributed by atoms with Gasteiger partial charge in [-0.2, -0.15) is 16.9 Å². The molecular formula is C27H40FN4O3PS. The predicted octanol–water partition coefficient (Wildman–Crippen LogP) is 4.67. The maximum atomic E-state index is 13.6. The molecule has 3 rings (SSSR count). The zero-order valence-electron chi connectivity index (χ0n) is 22.1. The first kappa shape index (κ1) is 29.4. The number of amides is 2. The van der Waals surface area contributed by atoms with E-state index in [4.69, 9.17) is 9.84 Å². The molecule has 3 unspecified atom stereocenters. The molecule has 0 aliphatic carbocycles. The minimum atomic E-state index is -1.26. The average Bonchev–Trinajstić information content (AvgIpc) is 3.20. The first-order valence-electron chi connectivity index (χ1n) is 13.0. The average molecular weight is 551 g/mol. The second kappa shape index (κ2) is 14.1. The third-order valence-corrected chi connectivity index (χ3v) is 7.18. The fraction of sp³-hybridized carbons (Fsp3) is 0.593. The summed E-state index contributed by atoms with van der Waals surface area (Å²) in [4.78, 5) is 25.2. The zero-order chi connectivity index (χ0) is 26.8. The lowest BCUT2D eigenvalue weighted by Gasteiger charge is -2.23. The number of fused-ring (bicyclic) bond motifs is 1. The number of aryl methyl sites for hydroxylation is 2. The molecule has 2 amide bonds. The number of thioether (sulfide) groups is 1. The van der Waals surface area contributed by atoms with Crippen LogP contribution in [-0.2, 0) is 30.7 Å². The van der Waals surface area contributed by atoms with E-state index in [0.29, 0.717) is 43.7 Å². The molecule has 0 spiro atoms. The van der Waals surface area contributed by atoms with Gasteiger partial charge < -0.3 is 15.4 Å². The van der Waals surface area contributed by atoms with E-state index in [9.17, 15) is 14.0 Å². The Labute approximate surface area is 226 Å². The molecule has 0 radical (unpaired) electrons. The maximum absolute atomic E-state index is 13.6. The van der Waals surface area contributed by atoms with Crippen LogP contribution in [0.2, 0.25) is 0 Å². The predicted molar refractivity (Wildman–Crippen MR) is 151 cm³/mol. The topological polar surface area (TPSA) is 85.2 Å². The third-order valence-electron chi connectivity index (χ3n) is 6.34. The molecule has 2 heterocycles. The summed E-state index contributed by atoms with van der Waals surface area (Å²) in [6, 6.07) is 7.93. The van der Waals surface area contributed by atoms with Crippen molar-refractivity contribution in [1.29, 1.82) is 0 Å². The van der Waals surface area contributed by atoms with E-state index in [1.165, 1.54) is 11.8 Å². The molecule has 1 aliphatic heterocycles. The van der Waals surface area contributed by atoms with E-state index in [-0.39, 0.29) is 17.9 Å². The molecule has 1 aromatic heterocycles. The number of unbranched alkanes of at least 4 members (excludes halogenated alkanes) is 1. The van der Waals surface area contributed by atoms with Crippen LogP contribution in [-0.4, -0.2) is 51.7 Å². The lowest BCUT2D eigenvalue weighted by Crippen LogP contribution is -2.42. The van der Waals surface area contributed by atoms with Gasteiger partial charge in [-0.15, -0.1) is 0 Å². The second-order valence-electron chi connectivity index (χ2n) is 9.85. The number of aromatic nitrogens is 2. The van der Waals surface area contributed by atoms with Crippen LogP contribution in [0.15, 0.2) is 24.3 Å².